The van der Waals surface area contributed by atoms with Gasteiger partial charge in [-0.3, -0.25) is 0 Å². The summed E-state index contributed by atoms with van der Waals surface area (Å²) < 4.78 is 4.76. The van der Waals surface area contributed by atoms with Crippen molar-refractivity contribution in [3.8, 4) is 0 Å². The van der Waals surface area contributed by atoms with Gasteiger partial charge in [-0.05, 0) is 12.8 Å². The summed E-state index contributed by atoms with van der Waals surface area (Å²) in [5.41, 5.74) is 0. The molecule has 11 heavy (non-hydrogen) atoms. The second kappa shape index (κ2) is 2.37. The van der Waals surface area contributed by atoms with E-state index in [1.54, 1.807) is 4.90 Å². The van der Waals surface area contributed by atoms with Crippen molar-refractivity contribution < 1.29 is 14.6 Å². The molecule has 4 nitrogen and oxygen atoms in total. The van der Waals surface area contributed by atoms with Gasteiger partial charge in [0.25, 0.3) is 0 Å². The number of hydrogen-bond acceptors (Lipinski definition) is 3. The largest absolute Gasteiger partial charge is 0.448 e. The Morgan fingerprint density at radius 2 is 2.27 bits per heavy atom. The van der Waals surface area contributed by atoms with Crippen molar-refractivity contribution in [2.45, 2.75) is 25.0 Å². The van der Waals surface area contributed by atoms with E-state index in [4.69, 9.17) is 9.84 Å². The van der Waals surface area contributed by atoms with Gasteiger partial charge >= 0.3 is 6.09 Å². The second-order valence-electron chi connectivity index (χ2n) is 3.09. The third-order valence-electron chi connectivity index (χ3n) is 2.32. The van der Waals surface area contributed by atoms with E-state index in [0.717, 1.165) is 12.8 Å². The minimum Gasteiger partial charge on any atom is -0.448 e. The molecule has 0 aromatic rings. The predicted octanol–water partition coefficient (Wildman–Crippen LogP) is -0.0381. The number of aliphatic hydroxyl groups excluding tert-OH is 1. The van der Waals surface area contributed by atoms with Gasteiger partial charge in [-0.15, -0.1) is 0 Å². The van der Waals surface area contributed by atoms with Crippen LogP contribution in [0.2, 0.25) is 0 Å². The number of hydrogen-bond donors (Lipinski definition) is 1. The van der Waals surface area contributed by atoms with E-state index < -0.39 is 0 Å². The second-order valence-corrected chi connectivity index (χ2v) is 3.09. The summed E-state index contributed by atoms with van der Waals surface area (Å²) in [4.78, 5) is 12.6. The molecule has 0 atom stereocenters. The molecule has 1 aliphatic carbocycles. The molecule has 1 heterocycles. The molecule has 4 heteroatoms. The number of rotatable bonds is 1. The number of aliphatic hydroxyl groups is 1. The fraction of sp³-hybridized carbons (Fsp3) is 0.857. The van der Waals surface area contributed by atoms with Crippen molar-refractivity contribution in [2.75, 3.05) is 13.2 Å². The number of nitrogens with zero attached hydrogens (tertiary/aromatic N) is 1. The van der Waals surface area contributed by atoms with Crippen molar-refractivity contribution in [1.82, 2.24) is 4.90 Å². The van der Waals surface area contributed by atoms with Crippen LogP contribution in [-0.4, -0.2) is 41.4 Å². The lowest BCUT2D eigenvalue weighted by molar-refractivity contribution is 0.0216. The summed E-state index contributed by atoms with van der Waals surface area (Å²) in [7, 11) is 0. The first-order chi connectivity index (χ1) is 5.27. The molecular formula is C7H11NO3. The van der Waals surface area contributed by atoms with Crippen LogP contribution in [0.3, 0.4) is 0 Å². The maximum absolute atomic E-state index is 10.9. The lowest BCUT2D eigenvalue weighted by atomic mass is 9.88. The van der Waals surface area contributed by atoms with E-state index in [9.17, 15) is 4.79 Å². The molecule has 1 aliphatic heterocycles. The lowest BCUT2D eigenvalue weighted by Gasteiger charge is -2.36. The molecule has 2 fully saturated rings. The van der Waals surface area contributed by atoms with E-state index >= 15 is 0 Å². The third-order valence-corrected chi connectivity index (χ3v) is 2.32. The zero-order valence-corrected chi connectivity index (χ0v) is 6.19. The standard InChI is InChI=1S/C7H11NO3/c9-6-3-5(4-6)8-1-2-11-7(8)10/h5-6,9H,1-4H2. The number of carbonyl (C=O) groups is 1. The van der Waals surface area contributed by atoms with Crippen LogP contribution < -0.4 is 0 Å². The van der Waals surface area contributed by atoms with Crippen molar-refractivity contribution in [2.24, 2.45) is 0 Å². The Bertz CT molecular complexity index is 177. The van der Waals surface area contributed by atoms with Crippen molar-refractivity contribution in [3.63, 3.8) is 0 Å². The zero-order chi connectivity index (χ0) is 7.84. The van der Waals surface area contributed by atoms with Gasteiger partial charge in [-0.25, -0.2) is 4.79 Å². The van der Waals surface area contributed by atoms with Crippen molar-refractivity contribution in [1.29, 1.82) is 0 Å². The van der Waals surface area contributed by atoms with Crippen molar-refractivity contribution in [3.05, 3.63) is 0 Å². The Balaban J connectivity index is 1.90. The van der Waals surface area contributed by atoms with Crippen LogP contribution in [0.15, 0.2) is 0 Å². The Morgan fingerprint density at radius 1 is 1.55 bits per heavy atom. The first-order valence-electron chi connectivity index (χ1n) is 3.89. The maximum atomic E-state index is 10.9. The molecule has 0 unspecified atom stereocenters. The molecule has 0 aromatic heterocycles. The number of amides is 1. The monoisotopic (exact) mass is 157 g/mol. The molecule has 0 spiro atoms. The van der Waals surface area contributed by atoms with Crippen LogP contribution in [0.4, 0.5) is 4.79 Å². The normalized spacial score (nSPS) is 36.8. The van der Waals surface area contributed by atoms with E-state index in [1.807, 2.05) is 0 Å². The molecule has 0 radical (unpaired) electrons. The van der Waals surface area contributed by atoms with Crippen LogP contribution in [0.1, 0.15) is 12.8 Å². The summed E-state index contributed by atoms with van der Waals surface area (Å²) in [5.74, 6) is 0. The lowest BCUT2D eigenvalue weighted by Crippen LogP contribution is -2.47. The van der Waals surface area contributed by atoms with Crippen LogP contribution in [-0.2, 0) is 4.74 Å². The Morgan fingerprint density at radius 3 is 2.73 bits per heavy atom. The minimum atomic E-state index is -0.220. The highest BCUT2D eigenvalue weighted by molar-refractivity contribution is 5.69. The van der Waals surface area contributed by atoms with Gasteiger partial charge in [0.2, 0.25) is 0 Å². The van der Waals surface area contributed by atoms with Crippen LogP contribution >= 0.6 is 0 Å². The fourth-order valence-corrected chi connectivity index (χ4v) is 1.55. The van der Waals surface area contributed by atoms with Gasteiger partial charge in [-0.2, -0.15) is 0 Å². The van der Waals surface area contributed by atoms with E-state index in [1.165, 1.54) is 0 Å². The molecule has 0 bridgehead atoms. The average Bonchev–Trinajstić information content (AvgIpc) is 2.29. The topological polar surface area (TPSA) is 49.8 Å². The highest BCUT2D eigenvalue weighted by atomic mass is 16.6. The van der Waals surface area contributed by atoms with Crippen LogP contribution in [0, 0.1) is 0 Å². The van der Waals surface area contributed by atoms with Crippen LogP contribution in [0.25, 0.3) is 0 Å². The molecule has 1 amide bonds. The Hall–Kier alpha value is -0.770. The molecule has 1 saturated carbocycles. The van der Waals surface area contributed by atoms with E-state index in [-0.39, 0.29) is 18.2 Å². The molecule has 62 valence electrons. The smallest absolute Gasteiger partial charge is 0.410 e. The first kappa shape index (κ1) is 6.91. The zero-order valence-electron chi connectivity index (χ0n) is 6.19. The quantitative estimate of drug-likeness (QED) is 0.581. The van der Waals surface area contributed by atoms with Gasteiger partial charge < -0.3 is 14.7 Å². The summed E-state index contributed by atoms with van der Waals surface area (Å²) in [6.45, 7) is 1.20. The van der Waals surface area contributed by atoms with Gasteiger partial charge in [0, 0.05) is 6.04 Å². The van der Waals surface area contributed by atoms with Crippen LogP contribution in [0.5, 0.6) is 0 Å². The highest BCUT2D eigenvalue weighted by Crippen LogP contribution is 2.27. The molecule has 1 saturated heterocycles. The predicted molar refractivity (Wildman–Crippen MR) is 37.1 cm³/mol. The summed E-state index contributed by atoms with van der Waals surface area (Å²) in [5, 5.41) is 8.99. The average molecular weight is 157 g/mol. The minimum absolute atomic E-state index is 0.201. The fourth-order valence-electron chi connectivity index (χ4n) is 1.55. The molecule has 0 aromatic carbocycles. The third kappa shape index (κ3) is 1.07. The number of ether oxygens (including phenoxy) is 1. The van der Waals surface area contributed by atoms with E-state index in [2.05, 4.69) is 0 Å². The maximum Gasteiger partial charge on any atom is 0.410 e. The first-order valence-corrected chi connectivity index (χ1v) is 3.89. The van der Waals surface area contributed by atoms with Gasteiger partial charge in [0.15, 0.2) is 0 Å². The molecule has 2 aliphatic rings. The Labute approximate surface area is 64.7 Å². The van der Waals surface area contributed by atoms with Gasteiger partial charge in [0.05, 0.1) is 12.6 Å². The molecule has 2 rings (SSSR count). The molecular weight excluding hydrogens is 146 g/mol. The molecule has 1 N–H and O–H groups in total. The number of carbonyl (C=O) groups excluding carboxylic acids is 1. The summed E-state index contributed by atoms with van der Waals surface area (Å²) >= 11 is 0. The SMILES string of the molecule is O=C1OCCN1C1CC(O)C1. The summed E-state index contributed by atoms with van der Waals surface area (Å²) in [6, 6.07) is 0.236. The summed E-state index contributed by atoms with van der Waals surface area (Å²) in [6.07, 6.45) is 1.01. The highest BCUT2D eigenvalue weighted by Gasteiger charge is 2.37. The number of cyclic esters (lactones) is 1. The Kier molecular flexibility index (Phi) is 1.49. The van der Waals surface area contributed by atoms with Gasteiger partial charge in [0.1, 0.15) is 6.61 Å². The van der Waals surface area contributed by atoms with E-state index in [0.29, 0.717) is 13.2 Å². The van der Waals surface area contributed by atoms with Gasteiger partial charge in [-0.1, -0.05) is 0 Å². The van der Waals surface area contributed by atoms with Crippen molar-refractivity contribution >= 4 is 6.09 Å².